The summed E-state index contributed by atoms with van der Waals surface area (Å²) in [5, 5.41) is 9.87. The molecule has 92 valence electrons. The number of halogens is 1. The molecule has 1 aromatic rings. The van der Waals surface area contributed by atoms with E-state index in [0.29, 0.717) is 23.4 Å². The smallest absolute Gasteiger partial charge is 0.464 e. The van der Waals surface area contributed by atoms with Crippen LogP contribution in [0.3, 0.4) is 0 Å². The number of nitrogens with zero attached hydrogens (tertiary/aromatic N) is 1. The van der Waals surface area contributed by atoms with E-state index in [4.69, 9.17) is 4.42 Å². The molecule has 1 aromatic heterocycles. The molecule has 0 unspecified atom stereocenters. The molecule has 1 aliphatic heterocycles. The molecule has 0 bridgehead atoms. The van der Waals surface area contributed by atoms with Gasteiger partial charge in [-0.3, -0.25) is 10.1 Å². The van der Waals surface area contributed by atoms with E-state index in [1.165, 1.54) is 12.3 Å². The van der Waals surface area contributed by atoms with E-state index < -0.39 is 11.1 Å². The highest BCUT2D eigenvalue weighted by Gasteiger charge is 2.09. The number of cyclic esters (lactones) is 2. The van der Waals surface area contributed by atoms with Crippen molar-refractivity contribution in [1.29, 1.82) is 0 Å². The summed E-state index contributed by atoms with van der Waals surface area (Å²) in [6.07, 6.45) is 3.01. The lowest BCUT2D eigenvalue weighted by Crippen LogP contribution is -1.88. The Morgan fingerprint density at radius 1 is 1.41 bits per heavy atom. The Morgan fingerprint density at radius 3 is 2.41 bits per heavy atom. The van der Waals surface area contributed by atoms with Gasteiger partial charge < -0.3 is 13.9 Å². The molecule has 0 atom stereocenters. The van der Waals surface area contributed by atoms with Crippen LogP contribution in [0.2, 0.25) is 0 Å². The molecule has 7 nitrogen and oxygen atoms in total. The summed E-state index contributed by atoms with van der Waals surface area (Å²) in [5.41, 5.74) is 0. The summed E-state index contributed by atoms with van der Waals surface area (Å²) >= 11 is 3.15. The van der Waals surface area contributed by atoms with Crippen LogP contribution in [0.25, 0.3) is 6.08 Å². The van der Waals surface area contributed by atoms with Gasteiger partial charge in [0.1, 0.15) is 19.0 Å². The number of nitro groups is 1. The Hall–Kier alpha value is -1.83. The zero-order chi connectivity index (χ0) is 12.7. The summed E-state index contributed by atoms with van der Waals surface area (Å²) in [7, 11) is 0. The highest BCUT2D eigenvalue weighted by Crippen LogP contribution is 2.18. The van der Waals surface area contributed by atoms with E-state index >= 15 is 0 Å². The van der Waals surface area contributed by atoms with Crippen molar-refractivity contribution in [2.75, 3.05) is 13.2 Å². The molecular weight excluding hydrogens is 298 g/mol. The predicted octanol–water partition coefficient (Wildman–Crippen LogP) is 2.44. The topological polar surface area (TPSA) is 91.8 Å². The Balaban J connectivity index is 0.000000202. The van der Waals surface area contributed by atoms with Gasteiger partial charge in [-0.2, -0.15) is 0 Å². The molecule has 2 heterocycles. The lowest BCUT2D eigenvalue weighted by molar-refractivity contribution is -0.401. The lowest BCUT2D eigenvalue weighted by atomic mass is 10.4. The van der Waals surface area contributed by atoms with Crippen LogP contribution < -0.4 is 0 Å². The van der Waals surface area contributed by atoms with Crippen LogP contribution in [-0.4, -0.2) is 24.3 Å². The van der Waals surface area contributed by atoms with E-state index in [-0.39, 0.29) is 0 Å². The molecule has 0 saturated carbocycles. The van der Waals surface area contributed by atoms with E-state index in [1.807, 2.05) is 0 Å². The Labute approximate surface area is 104 Å². The Kier molecular flexibility index (Phi) is 5.21. The van der Waals surface area contributed by atoms with Crippen molar-refractivity contribution in [2.45, 2.75) is 0 Å². The van der Waals surface area contributed by atoms with Crippen molar-refractivity contribution in [1.82, 2.24) is 0 Å². The van der Waals surface area contributed by atoms with Gasteiger partial charge in [-0.15, -0.1) is 0 Å². The molecular formula is C9H8BrNO6. The average Bonchev–Trinajstić information content (AvgIpc) is 2.88. The Morgan fingerprint density at radius 2 is 2.06 bits per heavy atom. The zero-order valence-corrected chi connectivity index (χ0v) is 10.1. The van der Waals surface area contributed by atoms with Gasteiger partial charge in [0.25, 0.3) is 0 Å². The normalized spacial score (nSPS) is 13.8. The molecule has 0 aliphatic carbocycles. The number of hydrogen-bond donors (Lipinski definition) is 0. The van der Waals surface area contributed by atoms with Gasteiger partial charge in [0.05, 0.1) is 21.7 Å². The molecule has 0 radical (unpaired) electrons. The number of carbonyl (C=O) groups is 1. The summed E-state index contributed by atoms with van der Waals surface area (Å²) in [6, 6.07) is 1.67. The highest BCUT2D eigenvalue weighted by atomic mass is 79.9. The summed E-state index contributed by atoms with van der Waals surface area (Å²) in [6.45, 7) is 0.831. The number of carbonyl (C=O) groups excluding carboxylic acids is 1. The third-order valence-corrected chi connectivity index (χ3v) is 2.17. The molecule has 0 aromatic carbocycles. The van der Waals surface area contributed by atoms with Crippen LogP contribution in [0.1, 0.15) is 5.76 Å². The van der Waals surface area contributed by atoms with Crippen molar-refractivity contribution in [3.63, 3.8) is 0 Å². The van der Waals surface area contributed by atoms with Crippen molar-refractivity contribution >= 4 is 28.2 Å². The second-order valence-electron chi connectivity index (χ2n) is 2.68. The molecule has 1 saturated heterocycles. The molecule has 8 heteroatoms. The fourth-order valence-corrected chi connectivity index (χ4v) is 1.18. The van der Waals surface area contributed by atoms with E-state index in [2.05, 4.69) is 25.4 Å². The minimum absolute atomic E-state index is 0.416. The largest absolute Gasteiger partial charge is 0.508 e. The first-order chi connectivity index (χ1) is 8.09. The van der Waals surface area contributed by atoms with Gasteiger partial charge in [0.2, 0.25) is 6.20 Å². The minimum atomic E-state index is -0.547. The quantitative estimate of drug-likeness (QED) is 0.473. The van der Waals surface area contributed by atoms with E-state index in [9.17, 15) is 14.9 Å². The van der Waals surface area contributed by atoms with Crippen molar-refractivity contribution in [2.24, 2.45) is 0 Å². The molecule has 0 N–H and O–H groups in total. The molecule has 1 aliphatic rings. The second kappa shape index (κ2) is 6.69. The van der Waals surface area contributed by atoms with Crippen LogP contribution in [-0.2, 0) is 9.47 Å². The maximum absolute atomic E-state index is 9.87. The highest BCUT2D eigenvalue weighted by molar-refractivity contribution is 9.10. The van der Waals surface area contributed by atoms with Gasteiger partial charge in [0.15, 0.2) is 0 Å². The third kappa shape index (κ3) is 5.16. The number of hydrogen-bond acceptors (Lipinski definition) is 6. The first-order valence-electron chi connectivity index (χ1n) is 4.44. The number of rotatable bonds is 2. The number of furan rings is 1. The molecule has 0 spiro atoms. The van der Waals surface area contributed by atoms with Gasteiger partial charge in [0, 0.05) is 0 Å². The van der Waals surface area contributed by atoms with E-state index in [1.54, 1.807) is 6.07 Å². The monoisotopic (exact) mass is 305 g/mol. The first kappa shape index (κ1) is 13.2. The van der Waals surface area contributed by atoms with Crippen LogP contribution >= 0.6 is 15.9 Å². The zero-order valence-electron chi connectivity index (χ0n) is 8.50. The van der Waals surface area contributed by atoms with Gasteiger partial charge in [-0.05, 0) is 22.0 Å². The predicted molar refractivity (Wildman–Crippen MR) is 59.7 cm³/mol. The van der Waals surface area contributed by atoms with Crippen LogP contribution in [0.4, 0.5) is 4.79 Å². The average molecular weight is 306 g/mol. The molecule has 2 rings (SSSR count). The summed E-state index contributed by atoms with van der Waals surface area (Å²) in [5.74, 6) is 0.446. The minimum Gasteiger partial charge on any atom is -0.464 e. The van der Waals surface area contributed by atoms with Gasteiger partial charge in [-0.25, -0.2) is 4.79 Å². The van der Waals surface area contributed by atoms with Gasteiger partial charge >= 0.3 is 6.16 Å². The summed E-state index contributed by atoms with van der Waals surface area (Å²) < 4.78 is 14.2. The van der Waals surface area contributed by atoms with Crippen molar-refractivity contribution in [3.8, 4) is 0 Å². The maximum Gasteiger partial charge on any atom is 0.508 e. The van der Waals surface area contributed by atoms with Crippen LogP contribution in [0.15, 0.2) is 27.4 Å². The van der Waals surface area contributed by atoms with Crippen LogP contribution in [0.5, 0.6) is 0 Å². The maximum atomic E-state index is 9.87. The van der Waals surface area contributed by atoms with Gasteiger partial charge in [-0.1, -0.05) is 0 Å². The number of ether oxygens (including phenoxy) is 2. The second-order valence-corrected chi connectivity index (χ2v) is 3.54. The van der Waals surface area contributed by atoms with Crippen LogP contribution in [0, 0.1) is 10.1 Å². The fraction of sp³-hybridized carbons (Fsp3) is 0.222. The van der Waals surface area contributed by atoms with Crippen molar-refractivity contribution < 1.29 is 23.6 Å². The third-order valence-electron chi connectivity index (χ3n) is 1.52. The first-order valence-corrected chi connectivity index (χ1v) is 5.23. The van der Waals surface area contributed by atoms with E-state index in [0.717, 1.165) is 6.20 Å². The summed E-state index contributed by atoms with van der Waals surface area (Å²) in [4.78, 5) is 19.1. The lowest BCUT2D eigenvalue weighted by Gasteiger charge is -1.82. The molecule has 17 heavy (non-hydrogen) atoms. The molecule has 0 amide bonds. The van der Waals surface area contributed by atoms with Crippen molar-refractivity contribution in [3.05, 3.63) is 38.9 Å². The fourth-order valence-electron chi connectivity index (χ4n) is 0.845. The SMILES string of the molecule is O=C1OCCO1.O=[N+]([O-])C=Cc1occc1Br. The standard InChI is InChI=1S/C6H4BrNO3.C3H4O3/c7-5-2-4-11-6(5)1-3-8(9)10;4-3-5-1-2-6-3/h1-4H;1-2H2. The Bertz CT molecular complexity index is 419. The molecule has 1 fully saturated rings.